The van der Waals surface area contributed by atoms with Gasteiger partial charge in [-0.25, -0.2) is 0 Å². The van der Waals surface area contributed by atoms with Crippen molar-refractivity contribution in [3.63, 3.8) is 0 Å². The van der Waals surface area contributed by atoms with E-state index in [1.165, 1.54) is 0 Å². The van der Waals surface area contributed by atoms with Gasteiger partial charge in [0, 0.05) is 43.7 Å². The third kappa shape index (κ3) is 234. The average molecular weight is 242 g/mol. The average Bonchev–Trinajstić information content (AvgIpc) is 1.37. The fourth-order valence-electron chi connectivity index (χ4n) is 0. The molecule has 0 aromatic carbocycles. The van der Waals surface area contributed by atoms with Gasteiger partial charge in [-0.05, 0) is 6.42 Å². The van der Waals surface area contributed by atoms with Crippen molar-refractivity contribution in [3.8, 4) is 0 Å². The van der Waals surface area contributed by atoms with Crippen LogP contribution in [0.25, 0.3) is 0 Å². The Morgan fingerprint density at radius 1 is 0.818 bits per heavy atom. The molecule has 0 aromatic rings. The largest absolute Gasteiger partial charge is 2.00 e. The van der Waals surface area contributed by atoms with Crippen LogP contribution in [0.3, 0.4) is 0 Å². The van der Waals surface area contributed by atoms with Gasteiger partial charge in [0.05, 0.1) is 0 Å². The second-order valence-corrected chi connectivity index (χ2v) is 0.724. The van der Waals surface area contributed by atoms with E-state index in [-0.39, 0.29) is 64.5 Å². The number of hydrogen-bond donors (Lipinski definition) is 1. The maximum Gasteiger partial charge on any atom is 0.0428 e. The molecule has 0 saturated heterocycles. The molecule has 0 rings (SSSR count). The molecule has 0 heterocycles. The van der Waals surface area contributed by atoms with E-state index in [4.69, 9.17) is 5.11 Å². The van der Waals surface area contributed by atoms with Crippen molar-refractivity contribution < 1.29 is 69.6 Å². The third-order valence-electron chi connectivity index (χ3n) is 0.224. The topological polar surface area (TPSA) is 163 Å². The first-order chi connectivity index (χ1) is 1.91. The van der Waals surface area contributed by atoms with Crippen LogP contribution < -0.4 is 0 Å². The second kappa shape index (κ2) is 126. The first kappa shape index (κ1) is 92.3. The first-order valence-corrected chi connectivity index (χ1v) is 1.52. The molecule has 2 radical (unpaired) electrons. The van der Waals surface area contributed by atoms with Gasteiger partial charge in [-0.3, -0.25) is 0 Å². The Kier molecular flexibility index (Phi) is 1050. The Bertz CT molecular complexity index is 17.8. The van der Waals surface area contributed by atoms with E-state index in [0.29, 0.717) is 6.61 Å². The summed E-state index contributed by atoms with van der Waals surface area (Å²) in [6.45, 7) is 2.25. The van der Waals surface area contributed by atoms with Gasteiger partial charge in [-0.1, -0.05) is 6.92 Å². The van der Waals surface area contributed by atoms with Crippen LogP contribution in [0.1, 0.15) is 13.3 Å². The summed E-state index contributed by atoms with van der Waals surface area (Å²) < 4.78 is 0. The van der Waals surface area contributed by atoms with Gasteiger partial charge in [0.2, 0.25) is 0 Å². The summed E-state index contributed by atoms with van der Waals surface area (Å²) in [5, 5.41) is 7.88. The molecule has 1 N–H and O–H groups in total. The summed E-state index contributed by atoms with van der Waals surface area (Å²) in [6, 6.07) is 0. The molecule has 0 saturated carbocycles. The number of aliphatic hydroxyl groups excluding tert-OH is 1. The summed E-state index contributed by atoms with van der Waals surface area (Å²) in [5.41, 5.74) is 0. The molecular formula is C3H8O6V2-10. The fraction of sp³-hybridized carbons (Fsp3) is 1.00. The van der Waals surface area contributed by atoms with Crippen LogP contribution in [0.2, 0.25) is 0 Å². The minimum Gasteiger partial charge on any atom is -2.00 e. The molecule has 0 fully saturated rings. The summed E-state index contributed by atoms with van der Waals surface area (Å²) >= 11 is 0. The predicted molar refractivity (Wildman–Crippen MR) is 20.8 cm³/mol. The zero-order chi connectivity index (χ0) is 3.41. The van der Waals surface area contributed by atoms with Gasteiger partial charge in [0.15, 0.2) is 0 Å². The van der Waals surface area contributed by atoms with Crippen molar-refractivity contribution >= 4 is 0 Å². The van der Waals surface area contributed by atoms with Crippen molar-refractivity contribution in [1.29, 1.82) is 0 Å². The molecule has 0 aliphatic heterocycles. The maximum atomic E-state index is 7.88. The summed E-state index contributed by atoms with van der Waals surface area (Å²) in [4.78, 5) is 0. The van der Waals surface area contributed by atoms with Crippen LogP contribution in [0, 0.1) is 0 Å². The Balaban J connectivity index is -0.00000000214. The van der Waals surface area contributed by atoms with E-state index in [1.807, 2.05) is 6.92 Å². The van der Waals surface area contributed by atoms with E-state index < -0.39 is 0 Å². The van der Waals surface area contributed by atoms with Crippen molar-refractivity contribution in [2.45, 2.75) is 13.3 Å². The fourth-order valence-corrected chi connectivity index (χ4v) is 0. The van der Waals surface area contributed by atoms with Crippen LogP contribution in [0.5, 0.6) is 0 Å². The number of aliphatic hydroxyl groups is 1. The van der Waals surface area contributed by atoms with E-state index in [0.717, 1.165) is 6.42 Å². The number of rotatable bonds is 1. The minimum atomic E-state index is 0. The predicted octanol–water partition coefficient (Wildman–Crippen LogP) is -0.210. The smallest absolute Gasteiger partial charge is 0.0428 e. The SMILES string of the molecule is CCCO.[O-2].[O-2].[O-2].[O-2].[O-2].[V].[V]. The number of hydrogen-bond acceptors (Lipinski definition) is 1. The Hall–Kier alpha value is 0.929. The van der Waals surface area contributed by atoms with E-state index in [1.54, 1.807) is 0 Å². The second-order valence-electron chi connectivity index (χ2n) is 0.724. The third-order valence-corrected chi connectivity index (χ3v) is 0.224. The van der Waals surface area contributed by atoms with Gasteiger partial charge < -0.3 is 32.5 Å². The molecule has 0 spiro atoms. The molecule has 11 heavy (non-hydrogen) atoms. The molecule has 0 bridgehead atoms. The standard InChI is InChI=1S/C3H8O.5O.2V/c1-2-3-4;;;;;;;/h4H,2-3H2,1H3;;;;;;;/q;5*-2;;. The molecule has 0 aliphatic rings. The van der Waals surface area contributed by atoms with E-state index in [2.05, 4.69) is 0 Å². The molecular weight excluding hydrogens is 234 g/mol. The van der Waals surface area contributed by atoms with Gasteiger partial charge in [-0.15, -0.1) is 0 Å². The molecule has 0 atom stereocenters. The summed E-state index contributed by atoms with van der Waals surface area (Å²) in [7, 11) is 0. The van der Waals surface area contributed by atoms with Crippen LogP contribution in [-0.4, -0.2) is 11.7 Å². The molecule has 8 heteroatoms. The molecule has 6 nitrogen and oxygen atoms in total. The zero-order valence-corrected chi connectivity index (χ0v) is 8.59. The summed E-state index contributed by atoms with van der Waals surface area (Å²) in [6.07, 6.45) is 0.875. The molecule has 0 amide bonds. The van der Waals surface area contributed by atoms with Crippen LogP contribution in [0.15, 0.2) is 0 Å². The van der Waals surface area contributed by atoms with Gasteiger partial charge in [0.25, 0.3) is 0 Å². The van der Waals surface area contributed by atoms with Crippen molar-refractivity contribution in [1.82, 2.24) is 0 Å². The zero-order valence-electron chi connectivity index (χ0n) is 5.80. The van der Waals surface area contributed by atoms with Crippen LogP contribution in [0.4, 0.5) is 0 Å². The minimum absolute atomic E-state index is 0. The monoisotopic (exact) mass is 242 g/mol. The molecule has 76 valence electrons. The van der Waals surface area contributed by atoms with Gasteiger partial charge >= 0.3 is 0 Å². The van der Waals surface area contributed by atoms with E-state index >= 15 is 0 Å². The Labute approximate surface area is 89.7 Å². The van der Waals surface area contributed by atoms with Gasteiger partial charge in [0.1, 0.15) is 0 Å². The van der Waals surface area contributed by atoms with Gasteiger partial charge in [-0.2, -0.15) is 0 Å². The molecule has 0 aliphatic carbocycles. The molecule has 0 aromatic heterocycles. The van der Waals surface area contributed by atoms with Crippen molar-refractivity contribution in [2.24, 2.45) is 0 Å². The quantitative estimate of drug-likeness (QED) is 0.661. The van der Waals surface area contributed by atoms with Crippen molar-refractivity contribution in [2.75, 3.05) is 6.61 Å². The first-order valence-electron chi connectivity index (χ1n) is 1.52. The van der Waals surface area contributed by atoms with Crippen LogP contribution in [-0.2, 0) is 64.5 Å². The normalized spacial score (nSPS) is 2.73. The Morgan fingerprint density at radius 3 is 0.909 bits per heavy atom. The van der Waals surface area contributed by atoms with E-state index in [9.17, 15) is 0 Å². The van der Waals surface area contributed by atoms with Crippen LogP contribution >= 0.6 is 0 Å². The summed E-state index contributed by atoms with van der Waals surface area (Å²) in [5.74, 6) is 0. The molecule has 0 unspecified atom stereocenters. The maximum absolute atomic E-state index is 7.88. The van der Waals surface area contributed by atoms with Crippen molar-refractivity contribution in [3.05, 3.63) is 0 Å². The Morgan fingerprint density at radius 2 is 0.909 bits per heavy atom.